The molecule has 0 unspecified atom stereocenters. The molecule has 14 heavy (non-hydrogen) atoms. The van der Waals surface area contributed by atoms with E-state index in [-0.39, 0.29) is 6.10 Å². The van der Waals surface area contributed by atoms with E-state index in [4.69, 9.17) is 0 Å². The van der Waals surface area contributed by atoms with Gasteiger partial charge in [-0.3, -0.25) is 0 Å². The van der Waals surface area contributed by atoms with Crippen LogP contribution in [0, 0.1) is 11.8 Å². The largest absolute Gasteiger partial charge is 0.392 e. The van der Waals surface area contributed by atoms with Gasteiger partial charge in [-0.25, -0.2) is 0 Å². The smallest absolute Gasteiger partial charge is 0.0639 e. The van der Waals surface area contributed by atoms with Crippen molar-refractivity contribution in [1.82, 2.24) is 0 Å². The Morgan fingerprint density at radius 1 is 1.00 bits per heavy atom. The molecule has 0 radical (unpaired) electrons. The zero-order valence-electron chi connectivity index (χ0n) is 8.26. The Balaban J connectivity index is 1.93. The molecule has 1 heteroatoms. The minimum absolute atomic E-state index is 0.0730. The highest BCUT2D eigenvalue weighted by Gasteiger charge is 2.47. The van der Waals surface area contributed by atoms with Crippen molar-refractivity contribution in [3.63, 3.8) is 0 Å². The molecular weight excluding hydrogens is 172 g/mol. The third-order valence-corrected chi connectivity index (χ3v) is 4.06. The fourth-order valence-electron chi connectivity index (χ4n) is 3.41. The van der Waals surface area contributed by atoms with Crippen LogP contribution in [0.3, 0.4) is 0 Å². The van der Waals surface area contributed by atoms with Gasteiger partial charge in [0, 0.05) is 5.92 Å². The van der Waals surface area contributed by atoms with Gasteiger partial charge in [-0.15, -0.1) is 0 Å². The molecule has 0 heterocycles. The first-order chi connectivity index (χ1) is 6.86. The topological polar surface area (TPSA) is 20.2 Å². The average molecular weight is 188 g/mol. The summed E-state index contributed by atoms with van der Waals surface area (Å²) < 4.78 is 0. The maximum atomic E-state index is 10.1. The third-order valence-electron chi connectivity index (χ3n) is 4.06. The molecule has 0 aromatic heterocycles. The molecule has 0 spiro atoms. The van der Waals surface area contributed by atoms with Gasteiger partial charge in [-0.2, -0.15) is 0 Å². The molecule has 4 atom stereocenters. The van der Waals surface area contributed by atoms with E-state index >= 15 is 0 Å². The van der Waals surface area contributed by atoms with Gasteiger partial charge in [0.1, 0.15) is 0 Å². The van der Waals surface area contributed by atoms with Gasteiger partial charge in [-0.05, 0) is 36.7 Å². The number of hydrogen-bond acceptors (Lipinski definition) is 1. The van der Waals surface area contributed by atoms with E-state index in [2.05, 4.69) is 24.3 Å². The quantitative estimate of drug-likeness (QED) is 0.718. The molecule has 2 aliphatic rings. The van der Waals surface area contributed by atoms with Crippen LogP contribution in [0.15, 0.2) is 30.3 Å². The van der Waals surface area contributed by atoms with Crippen molar-refractivity contribution in [2.45, 2.75) is 31.3 Å². The molecule has 1 N–H and O–H groups in total. The summed E-state index contributed by atoms with van der Waals surface area (Å²) in [5.74, 6) is 1.76. The molecule has 2 bridgehead atoms. The first-order valence-corrected chi connectivity index (χ1v) is 5.59. The highest BCUT2D eigenvalue weighted by molar-refractivity contribution is 5.25. The van der Waals surface area contributed by atoms with E-state index < -0.39 is 0 Å². The summed E-state index contributed by atoms with van der Waals surface area (Å²) in [5, 5.41) is 10.1. The summed E-state index contributed by atoms with van der Waals surface area (Å²) in [6.07, 6.45) is 3.74. The van der Waals surface area contributed by atoms with Crippen LogP contribution in [0.25, 0.3) is 0 Å². The number of fused-ring (bicyclic) bond motifs is 2. The molecule has 1 aromatic carbocycles. The first-order valence-electron chi connectivity index (χ1n) is 5.59. The molecule has 2 aliphatic carbocycles. The van der Waals surface area contributed by atoms with Crippen molar-refractivity contribution in [3.8, 4) is 0 Å². The van der Waals surface area contributed by atoms with Crippen molar-refractivity contribution in [2.24, 2.45) is 11.8 Å². The number of hydrogen-bond donors (Lipinski definition) is 1. The summed E-state index contributed by atoms with van der Waals surface area (Å²) in [7, 11) is 0. The van der Waals surface area contributed by atoms with Crippen LogP contribution < -0.4 is 0 Å². The Kier molecular flexibility index (Phi) is 1.88. The van der Waals surface area contributed by atoms with E-state index in [0.29, 0.717) is 11.8 Å². The van der Waals surface area contributed by atoms with Crippen LogP contribution in [-0.2, 0) is 0 Å². The zero-order valence-corrected chi connectivity index (χ0v) is 8.26. The van der Waals surface area contributed by atoms with E-state index in [0.717, 1.165) is 5.92 Å². The Bertz CT molecular complexity index is 317. The zero-order chi connectivity index (χ0) is 9.54. The lowest BCUT2D eigenvalue weighted by Crippen LogP contribution is -2.25. The third kappa shape index (κ3) is 1.12. The number of rotatable bonds is 1. The van der Waals surface area contributed by atoms with Crippen molar-refractivity contribution < 1.29 is 5.11 Å². The Hall–Kier alpha value is -0.820. The monoisotopic (exact) mass is 188 g/mol. The van der Waals surface area contributed by atoms with Crippen molar-refractivity contribution in [1.29, 1.82) is 0 Å². The van der Waals surface area contributed by atoms with Crippen LogP contribution >= 0.6 is 0 Å². The number of aliphatic hydroxyl groups excluding tert-OH is 1. The van der Waals surface area contributed by atoms with Crippen LogP contribution in [-0.4, -0.2) is 11.2 Å². The second-order valence-electron chi connectivity index (χ2n) is 4.76. The molecule has 74 valence electrons. The summed E-state index contributed by atoms with van der Waals surface area (Å²) >= 11 is 0. The minimum atomic E-state index is -0.0730. The van der Waals surface area contributed by atoms with E-state index in [9.17, 15) is 5.11 Å². The van der Waals surface area contributed by atoms with Crippen molar-refractivity contribution in [2.75, 3.05) is 0 Å². The van der Waals surface area contributed by atoms with E-state index in [1.807, 2.05) is 6.07 Å². The van der Waals surface area contributed by atoms with Gasteiger partial charge in [0.15, 0.2) is 0 Å². The first kappa shape index (κ1) is 8.49. The van der Waals surface area contributed by atoms with Gasteiger partial charge in [0.05, 0.1) is 6.10 Å². The SMILES string of the molecule is O[C@@H]1[C@H]2CC[C@H](C2)[C@H]1c1ccccc1. The molecule has 2 saturated carbocycles. The second kappa shape index (κ2) is 3.09. The van der Waals surface area contributed by atoms with Gasteiger partial charge in [0.2, 0.25) is 0 Å². The normalized spacial score (nSPS) is 40.4. The fourth-order valence-corrected chi connectivity index (χ4v) is 3.41. The molecule has 0 saturated heterocycles. The average Bonchev–Trinajstić information content (AvgIpc) is 2.79. The highest BCUT2D eigenvalue weighted by Crippen LogP contribution is 2.52. The lowest BCUT2D eigenvalue weighted by Gasteiger charge is -2.27. The van der Waals surface area contributed by atoms with Gasteiger partial charge < -0.3 is 5.11 Å². The van der Waals surface area contributed by atoms with Gasteiger partial charge >= 0.3 is 0 Å². The maximum absolute atomic E-state index is 10.1. The minimum Gasteiger partial charge on any atom is -0.392 e. The molecule has 1 nitrogen and oxygen atoms in total. The number of benzene rings is 1. The second-order valence-corrected chi connectivity index (χ2v) is 4.76. The van der Waals surface area contributed by atoms with Crippen LogP contribution in [0.1, 0.15) is 30.7 Å². The van der Waals surface area contributed by atoms with E-state index in [1.165, 1.54) is 24.8 Å². The summed E-state index contributed by atoms with van der Waals surface area (Å²) in [6, 6.07) is 10.5. The predicted octanol–water partition coefficient (Wildman–Crippen LogP) is 2.56. The molecule has 0 amide bonds. The lowest BCUT2D eigenvalue weighted by molar-refractivity contribution is 0.0923. The molecule has 2 fully saturated rings. The van der Waals surface area contributed by atoms with Crippen molar-refractivity contribution in [3.05, 3.63) is 35.9 Å². The standard InChI is InChI=1S/C13H16O/c14-13-11-7-6-10(8-11)12(13)9-4-2-1-3-5-9/h1-5,10-14H,6-8H2/t10-,11+,12-,13-/m1/s1. The predicted molar refractivity (Wildman–Crippen MR) is 56.0 cm³/mol. The highest BCUT2D eigenvalue weighted by atomic mass is 16.3. The summed E-state index contributed by atoms with van der Waals surface area (Å²) in [6.45, 7) is 0. The Morgan fingerprint density at radius 3 is 2.36 bits per heavy atom. The summed E-state index contributed by atoms with van der Waals surface area (Å²) in [5.41, 5.74) is 1.34. The molecule has 0 aliphatic heterocycles. The van der Waals surface area contributed by atoms with E-state index in [1.54, 1.807) is 0 Å². The maximum Gasteiger partial charge on any atom is 0.0639 e. The molecular formula is C13H16O. The van der Waals surface area contributed by atoms with Gasteiger partial charge in [-0.1, -0.05) is 30.3 Å². The van der Waals surface area contributed by atoms with Gasteiger partial charge in [0.25, 0.3) is 0 Å². The van der Waals surface area contributed by atoms with Crippen LogP contribution in [0.5, 0.6) is 0 Å². The molecule has 3 rings (SSSR count). The lowest BCUT2D eigenvalue weighted by atomic mass is 9.81. The number of aliphatic hydroxyl groups is 1. The van der Waals surface area contributed by atoms with Crippen molar-refractivity contribution >= 4 is 0 Å². The Morgan fingerprint density at radius 2 is 1.71 bits per heavy atom. The summed E-state index contributed by atoms with van der Waals surface area (Å²) in [4.78, 5) is 0. The van der Waals surface area contributed by atoms with Crippen LogP contribution in [0.2, 0.25) is 0 Å². The van der Waals surface area contributed by atoms with Crippen LogP contribution in [0.4, 0.5) is 0 Å². The molecule has 1 aromatic rings. The Labute approximate surface area is 84.8 Å². The fraction of sp³-hybridized carbons (Fsp3) is 0.538.